The average molecular weight is 654 g/mol. The summed E-state index contributed by atoms with van der Waals surface area (Å²) in [6.45, 7) is 0.0466. The van der Waals surface area contributed by atoms with Gasteiger partial charge in [0.2, 0.25) is 0 Å². The van der Waals surface area contributed by atoms with Crippen LogP contribution in [0.25, 0.3) is 10.4 Å². The maximum absolute atomic E-state index is 14.0. The number of carbonyl (C=O) groups excluding carboxylic acids is 1. The van der Waals surface area contributed by atoms with Crippen molar-refractivity contribution in [3.63, 3.8) is 0 Å². The summed E-state index contributed by atoms with van der Waals surface area (Å²) in [6, 6.07) is 0. The Kier molecular flexibility index (Phi) is 14.3. The molecule has 1 aromatic carbocycles. The summed E-state index contributed by atoms with van der Waals surface area (Å²) in [7, 11) is 0. The number of ether oxygens (including phenoxy) is 5. The number of aromatic nitrogens is 3. The van der Waals surface area contributed by atoms with Crippen molar-refractivity contribution in [2.24, 2.45) is 5.11 Å². The van der Waals surface area contributed by atoms with Gasteiger partial charge in [-0.2, -0.15) is 0 Å². The van der Waals surface area contributed by atoms with E-state index in [0.717, 1.165) is 0 Å². The van der Waals surface area contributed by atoms with Crippen molar-refractivity contribution in [2.45, 2.75) is 43.9 Å². The molecule has 17 nitrogen and oxygen atoms in total. The molecule has 0 aliphatic carbocycles. The molecule has 0 spiro atoms. The second kappa shape index (κ2) is 17.8. The predicted octanol–water partition coefficient (Wildman–Crippen LogP) is -0.427. The highest BCUT2D eigenvalue weighted by atomic mass is 19.2. The number of nitrogens with one attached hydrogen (secondary N) is 1. The lowest BCUT2D eigenvalue weighted by molar-refractivity contribution is -0.301. The lowest BCUT2D eigenvalue weighted by Gasteiger charge is -2.39. The fourth-order valence-electron chi connectivity index (χ4n) is 3.88. The number of hydrogen-bond acceptors (Lipinski definition) is 13. The first-order valence-corrected chi connectivity index (χ1v) is 13.3. The number of azide groups is 1. The molecule has 45 heavy (non-hydrogen) atoms. The maximum Gasteiger partial charge on any atom is 0.257 e. The summed E-state index contributed by atoms with van der Waals surface area (Å²) in [5.74, 6) is -9.45. The zero-order valence-corrected chi connectivity index (χ0v) is 23.5. The Morgan fingerprint density at radius 2 is 1.62 bits per heavy atom. The van der Waals surface area contributed by atoms with Crippen molar-refractivity contribution in [1.29, 1.82) is 0 Å². The molecule has 1 aliphatic heterocycles. The van der Waals surface area contributed by atoms with Crippen LogP contribution in [0.3, 0.4) is 0 Å². The van der Waals surface area contributed by atoms with Crippen LogP contribution in [0.1, 0.15) is 16.1 Å². The lowest BCUT2D eigenvalue weighted by Crippen LogP contribution is -2.59. The van der Waals surface area contributed by atoms with Gasteiger partial charge in [-0.05, 0) is 5.53 Å². The summed E-state index contributed by atoms with van der Waals surface area (Å²) in [5, 5.41) is 51.2. The standard InChI is InChI=1S/C24H31F4N7O10/c25-15-14(16(26)18(28)19(17(15)27)32-33-29)23(40)30-1-3-41-5-6-42-7-8-43-11-12-9-35(34-31-12)2-4-44-24-22(39)21(38)20(37)13(10-36)45-24/h9,13,20-22,24,36-39H,1-8,10-11H2,(H,30,40)/t13-,20-,21+,22+,24+/m1/s1. The van der Waals surface area contributed by atoms with Gasteiger partial charge < -0.3 is 49.4 Å². The molecule has 0 radical (unpaired) electrons. The first-order valence-electron chi connectivity index (χ1n) is 13.3. The molecule has 0 saturated carbocycles. The molecule has 5 atom stereocenters. The van der Waals surface area contributed by atoms with Crippen LogP contribution in [0.2, 0.25) is 0 Å². The molecule has 1 amide bonds. The Morgan fingerprint density at radius 1 is 0.978 bits per heavy atom. The first kappa shape index (κ1) is 36.0. The molecule has 2 heterocycles. The SMILES string of the molecule is [N-]=[N+]=Nc1c(F)c(F)c(C(=O)NCCOCCOCCOCc2cn(CCO[C@H]3O[C@H](CO)[C@@H](O)[C@H](O)[C@@H]3O)nn2)c(F)c1F. The third-order valence-corrected chi connectivity index (χ3v) is 6.17. The van der Waals surface area contributed by atoms with Crippen LogP contribution >= 0.6 is 0 Å². The van der Waals surface area contributed by atoms with E-state index in [2.05, 4.69) is 25.7 Å². The lowest BCUT2D eigenvalue weighted by atomic mass is 9.99. The zero-order chi connectivity index (χ0) is 32.9. The van der Waals surface area contributed by atoms with Crippen LogP contribution < -0.4 is 5.32 Å². The van der Waals surface area contributed by atoms with Gasteiger partial charge in [-0.3, -0.25) is 4.79 Å². The van der Waals surface area contributed by atoms with Crippen molar-refractivity contribution in [2.75, 3.05) is 52.8 Å². The van der Waals surface area contributed by atoms with Gasteiger partial charge in [-0.1, -0.05) is 10.3 Å². The number of benzene rings is 1. The van der Waals surface area contributed by atoms with Gasteiger partial charge in [0.1, 0.15) is 41.4 Å². The summed E-state index contributed by atoms with van der Waals surface area (Å²) >= 11 is 0. The average Bonchev–Trinajstić information content (AvgIpc) is 3.48. The van der Waals surface area contributed by atoms with E-state index in [1.165, 1.54) is 4.68 Å². The predicted molar refractivity (Wildman–Crippen MR) is 138 cm³/mol. The van der Waals surface area contributed by atoms with Gasteiger partial charge in [0.05, 0.1) is 65.6 Å². The Morgan fingerprint density at radius 3 is 2.27 bits per heavy atom. The number of aliphatic hydroxyl groups is 4. The van der Waals surface area contributed by atoms with E-state index in [0.29, 0.717) is 5.69 Å². The van der Waals surface area contributed by atoms with Crippen molar-refractivity contribution in [3.05, 3.63) is 51.2 Å². The first-order chi connectivity index (χ1) is 21.6. The van der Waals surface area contributed by atoms with Crippen LogP contribution in [-0.2, 0) is 36.8 Å². The maximum atomic E-state index is 14.0. The summed E-state index contributed by atoms with van der Waals surface area (Å²) in [6.07, 6.45) is -5.26. The van der Waals surface area contributed by atoms with Crippen molar-refractivity contribution in [1.82, 2.24) is 20.3 Å². The van der Waals surface area contributed by atoms with E-state index < -0.39 is 77.7 Å². The van der Waals surface area contributed by atoms with Gasteiger partial charge in [-0.15, -0.1) is 5.10 Å². The highest BCUT2D eigenvalue weighted by molar-refractivity contribution is 5.95. The van der Waals surface area contributed by atoms with Crippen LogP contribution in [0.4, 0.5) is 23.2 Å². The van der Waals surface area contributed by atoms with Crippen molar-refractivity contribution < 1.29 is 66.5 Å². The molecule has 3 rings (SSSR count). The minimum Gasteiger partial charge on any atom is -0.394 e. The number of hydrogen-bond donors (Lipinski definition) is 5. The molecule has 250 valence electrons. The Balaban J connectivity index is 1.22. The van der Waals surface area contributed by atoms with Gasteiger partial charge in [0, 0.05) is 11.5 Å². The molecule has 1 fully saturated rings. The minimum atomic E-state index is -2.00. The van der Waals surface area contributed by atoms with E-state index in [9.17, 15) is 42.8 Å². The van der Waals surface area contributed by atoms with Crippen LogP contribution in [0.15, 0.2) is 11.3 Å². The van der Waals surface area contributed by atoms with Crippen LogP contribution in [-0.4, -0.2) is 125 Å². The monoisotopic (exact) mass is 653 g/mol. The molecule has 0 unspecified atom stereocenters. The van der Waals surface area contributed by atoms with Gasteiger partial charge in [0.15, 0.2) is 29.6 Å². The molecule has 1 saturated heterocycles. The molecular weight excluding hydrogens is 622 g/mol. The largest absolute Gasteiger partial charge is 0.394 e. The van der Waals surface area contributed by atoms with E-state index in [1.54, 1.807) is 6.20 Å². The second-order valence-electron chi connectivity index (χ2n) is 9.24. The fourth-order valence-corrected chi connectivity index (χ4v) is 3.88. The Hall–Kier alpha value is -3.50. The zero-order valence-electron chi connectivity index (χ0n) is 23.5. The quantitative estimate of drug-likeness (QED) is 0.0344. The number of aliphatic hydroxyl groups excluding tert-OH is 4. The van der Waals surface area contributed by atoms with E-state index >= 15 is 0 Å². The molecule has 21 heteroatoms. The second-order valence-corrected chi connectivity index (χ2v) is 9.24. The summed E-state index contributed by atoms with van der Waals surface area (Å²) in [4.78, 5) is 14.1. The Bertz CT molecular complexity index is 1290. The van der Waals surface area contributed by atoms with Crippen LogP contribution in [0, 0.1) is 23.3 Å². The molecule has 2 aromatic rings. The van der Waals surface area contributed by atoms with Gasteiger partial charge >= 0.3 is 0 Å². The third kappa shape index (κ3) is 9.74. The topological polar surface area (TPSA) is 236 Å². The summed E-state index contributed by atoms with van der Waals surface area (Å²) < 4.78 is 83.7. The number of amides is 1. The number of rotatable bonds is 18. The summed E-state index contributed by atoms with van der Waals surface area (Å²) in [5.41, 5.74) is 5.72. The molecule has 0 bridgehead atoms. The molecule has 5 N–H and O–H groups in total. The van der Waals surface area contributed by atoms with E-state index in [4.69, 9.17) is 29.2 Å². The van der Waals surface area contributed by atoms with Gasteiger partial charge in [-0.25, -0.2) is 22.2 Å². The molecule has 1 aliphatic rings. The van der Waals surface area contributed by atoms with Gasteiger partial charge in [0.25, 0.3) is 5.91 Å². The normalized spacial score (nSPS) is 21.5. The molecular formula is C24H31F4N7O10. The minimum absolute atomic E-state index is 0.0135. The smallest absolute Gasteiger partial charge is 0.257 e. The number of halogens is 4. The third-order valence-electron chi connectivity index (χ3n) is 6.17. The van der Waals surface area contributed by atoms with Crippen molar-refractivity contribution >= 4 is 11.6 Å². The fraction of sp³-hybridized carbons (Fsp3) is 0.625. The highest BCUT2D eigenvalue weighted by Crippen LogP contribution is 2.30. The highest BCUT2D eigenvalue weighted by Gasteiger charge is 2.44. The number of carbonyl (C=O) groups is 1. The van der Waals surface area contributed by atoms with E-state index in [-0.39, 0.29) is 59.3 Å². The van der Waals surface area contributed by atoms with Crippen LogP contribution in [0.5, 0.6) is 0 Å². The number of nitrogens with zero attached hydrogens (tertiary/aromatic N) is 6. The van der Waals surface area contributed by atoms with Crippen molar-refractivity contribution in [3.8, 4) is 0 Å². The van der Waals surface area contributed by atoms with E-state index in [1.807, 2.05) is 0 Å². The molecule has 1 aromatic heterocycles. The Labute approximate surface area is 251 Å².